The first-order valence-electron chi connectivity index (χ1n) is 9.58. The first kappa shape index (κ1) is 21.9. The Kier molecular flexibility index (Phi) is 13.8. The molecule has 1 amide bonds. The normalized spacial score (nSPS) is 17.1. The average Bonchev–Trinajstić information content (AvgIpc) is 3.06. The summed E-state index contributed by atoms with van der Waals surface area (Å²) in [5, 5.41) is 7.23. The van der Waals surface area contributed by atoms with E-state index in [1.165, 1.54) is 50.7 Å². The lowest BCUT2D eigenvalue weighted by molar-refractivity contribution is -0.121. The van der Waals surface area contributed by atoms with E-state index in [-0.39, 0.29) is 5.91 Å². The second-order valence-electron chi connectivity index (χ2n) is 6.83. The molecule has 1 rings (SSSR count). The highest BCUT2D eigenvalue weighted by Gasteiger charge is 2.15. The molecule has 0 spiro atoms. The van der Waals surface area contributed by atoms with Crippen molar-refractivity contribution in [3.8, 4) is 0 Å². The van der Waals surface area contributed by atoms with E-state index in [1.807, 2.05) is 17.7 Å². The van der Waals surface area contributed by atoms with Crippen LogP contribution in [0.2, 0.25) is 0 Å². The Labute approximate surface area is 157 Å². The number of carbonyl (C=O) groups is 1. The Morgan fingerprint density at radius 3 is 2.54 bits per heavy atom. The first-order chi connectivity index (χ1) is 11.7. The zero-order valence-corrected chi connectivity index (χ0v) is 17.0. The highest BCUT2D eigenvalue weighted by Crippen LogP contribution is 2.39. The first-order valence-corrected chi connectivity index (χ1v) is 12.0. The molecule has 3 nitrogen and oxygen atoms in total. The lowest BCUT2D eigenvalue weighted by Crippen LogP contribution is -2.27. The topological polar surface area (TPSA) is 41.1 Å². The van der Waals surface area contributed by atoms with E-state index >= 15 is 0 Å². The molecular formula is C19H36N2OS2. The largest absolute Gasteiger partial charge is 0.356 e. The fourth-order valence-corrected chi connectivity index (χ4v) is 5.79. The predicted molar refractivity (Wildman–Crippen MR) is 111 cm³/mol. The van der Waals surface area contributed by atoms with Crippen molar-refractivity contribution < 1.29 is 4.79 Å². The number of nitrogens with one attached hydrogen (secondary N) is 2. The summed E-state index contributed by atoms with van der Waals surface area (Å²) in [4.78, 5) is 11.7. The molecule has 0 aromatic rings. The van der Waals surface area contributed by atoms with Gasteiger partial charge in [-0.1, -0.05) is 65.8 Å². The van der Waals surface area contributed by atoms with Crippen LogP contribution < -0.4 is 10.6 Å². The quantitative estimate of drug-likeness (QED) is 0.243. The van der Waals surface area contributed by atoms with E-state index in [2.05, 4.69) is 28.0 Å². The van der Waals surface area contributed by atoms with Gasteiger partial charge in [0.25, 0.3) is 0 Å². The smallest absolute Gasteiger partial charge is 0.219 e. The van der Waals surface area contributed by atoms with Gasteiger partial charge in [-0.2, -0.15) is 0 Å². The number of amides is 1. The van der Waals surface area contributed by atoms with Crippen molar-refractivity contribution in [2.45, 2.75) is 76.4 Å². The van der Waals surface area contributed by atoms with Gasteiger partial charge >= 0.3 is 0 Å². The molecule has 0 aromatic heterocycles. The molecule has 1 saturated heterocycles. The molecule has 0 radical (unpaired) electrons. The summed E-state index contributed by atoms with van der Waals surface area (Å²) in [6, 6.07) is 0. The molecule has 1 aliphatic heterocycles. The van der Waals surface area contributed by atoms with Crippen molar-refractivity contribution in [2.75, 3.05) is 25.4 Å². The molecular weight excluding hydrogens is 336 g/mol. The van der Waals surface area contributed by atoms with Gasteiger partial charge in [0, 0.05) is 30.5 Å². The van der Waals surface area contributed by atoms with Crippen LogP contribution in [0.4, 0.5) is 0 Å². The highest BCUT2D eigenvalue weighted by molar-refractivity contribution is 8.77. The Morgan fingerprint density at radius 1 is 1.08 bits per heavy atom. The van der Waals surface area contributed by atoms with Crippen molar-refractivity contribution >= 4 is 27.5 Å². The molecule has 2 N–H and O–H groups in total. The van der Waals surface area contributed by atoms with Gasteiger partial charge in [-0.05, 0) is 39.2 Å². The predicted octanol–water partition coefficient (Wildman–Crippen LogP) is 4.93. The number of hydrogen-bond acceptors (Lipinski definition) is 4. The van der Waals surface area contributed by atoms with Gasteiger partial charge in [0.1, 0.15) is 0 Å². The minimum Gasteiger partial charge on any atom is -0.356 e. The van der Waals surface area contributed by atoms with E-state index in [4.69, 9.17) is 0 Å². The van der Waals surface area contributed by atoms with E-state index in [9.17, 15) is 4.79 Å². The van der Waals surface area contributed by atoms with Crippen molar-refractivity contribution in [3.05, 3.63) is 12.2 Å². The van der Waals surface area contributed by atoms with Crippen LogP contribution in [0.1, 0.15) is 71.1 Å². The fraction of sp³-hybridized carbons (Fsp3) is 0.842. The van der Waals surface area contributed by atoms with Gasteiger partial charge in [-0.3, -0.25) is 4.79 Å². The Bertz CT molecular complexity index is 344. The lowest BCUT2D eigenvalue weighted by atomic mass is 10.1. The Morgan fingerprint density at radius 2 is 1.83 bits per heavy atom. The van der Waals surface area contributed by atoms with Crippen molar-refractivity contribution in [1.29, 1.82) is 0 Å². The van der Waals surface area contributed by atoms with Crippen LogP contribution in [-0.2, 0) is 4.79 Å². The zero-order chi connectivity index (χ0) is 17.5. The van der Waals surface area contributed by atoms with Crippen LogP contribution in [0.15, 0.2) is 12.2 Å². The third-order valence-corrected chi connectivity index (χ3v) is 7.19. The summed E-state index contributed by atoms with van der Waals surface area (Å²) < 4.78 is 0. The molecule has 0 aliphatic carbocycles. The average molecular weight is 373 g/mol. The molecule has 1 atom stereocenters. The zero-order valence-electron chi connectivity index (χ0n) is 15.4. The van der Waals surface area contributed by atoms with Crippen LogP contribution in [0, 0.1) is 0 Å². The van der Waals surface area contributed by atoms with E-state index < -0.39 is 0 Å². The second-order valence-corrected chi connectivity index (χ2v) is 9.61. The van der Waals surface area contributed by atoms with Crippen LogP contribution >= 0.6 is 21.6 Å². The lowest BCUT2D eigenvalue weighted by Gasteiger charge is -2.07. The van der Waals surface area contributed by atoms with Crippen LogP contribution in [0.3, 0.4) is 0 Å². The fourth-order valence-electron chi connectivity index (χ4n) is 2.76. The second kappa shape index (κ2) is 15.2. The summed E-state index contributed by atoms with van der Waals surface area (Å²) in [6.45, 7) is 8.45. The van der Waals surface area contributed by atoms with E-state index in [0.717, 1.165) is 43.3 Å². The van der Waals surface area contributed by atoms with E-state index in [1.54, 1.807) is 0 Å². The van der Waals surface area contributed by atoms with Crippen molar-refractivity contribution in [2.24, 2.45) is 0 Å². The number of carbonyl (C=O) groups excluding carboxylic acids is 1. The van der Waals surface area contributed by atoms with Crippen LogP contribution in [0.25, 0.3) is 0 Å². The molecule has 0 aromatic carbocycles. The van der Waals surface area contributed by atoms with E-state index in [0.29, 0.717) is 6.42 Å². The number of rotatable bonds is 15. The molecule has 5 heteroatoms. The Hall–Kier alpha value is -0.130. The van der Waals surface area contributed by atoms with Crippen LogP contribution in [-0.4, -0.2) is 36.5 Å². The molecule has 1 unspecified atom stereocenters. The van der Waals surface area contributed by atoms with Crippen molar-refractivity contribution in [3.63, 3.8) is 0 Å². The summed E-state index contributed by atoms with van der Waals surface area (Å²) in [5.74, 6) is 1.56. The molecule has 0 saturated carbocycles. The molecule has 0 bridgehead atoms. The Balaban J connectivity index is 1.76. The third kappa shape index (κ3) is 13.2. The van der Waals surface area contributed by atoms with Gasteiger partial charge in [0.15, 0.2) is 0 Å². The molecule has 1 fully saturated rings. The van der Waals surface area contributed by atoms with Gasteiger partial charge in [0.05, 0.1) is 0 Å². The SMILES string of the molecule is C=C(C)CNCCCNC(=O)CCCCCCCCC1CCSS1. The molecule has 140 valence electrons. The van der Waals surface area contributed by atoms with Gasteiger partial charge in [-0.25, -0.2) is 0 Å². The van der Waals surface area contributed by atoms with Crippen LogP contribution in [0.5, 0.6) is 0 Å². The van der Waals surface area contributed by atoms with Gasteiger partial charge < -0.3 is 10.6 Å². The third-order valence-electron chi connectivity index (χ3n) is 4.19. The molecule has 24 heavy (non-hydrogen) atoms. The summed E-state index contributed by atoms with van der Waals surface area (Å²) >= 11 is 0. The van der Waals surface area contributed by atoms with Crippen molar-refractivity contribution in [1.82, 2.24) is 10.6 Å². The highest BCUT2D eigenvalue weighted by atomic mass is 33.1. The summed E-state index contributed by atoms with van der Waals surface area (Å²) in [7, 11) is 4.14. The summed E-state index contributed by atoms with van der Waals surface area (Å²) in [6.07, 6.45) is 12.1. The summed E-state index contributed by atoms with van der Waals surface area (Å²) in [5.41, 5.74) is 1.15. The minimum atomic E-state index is 0.214. The van der Waals surface area contributed by atoms with Gasteiger partial charge in [-0.15, -0.1) is 0 Å². The number of hydrogen-bond donors (Lipinski definition) is 2. The maximum Gasteiger partial charge on any atom is 0.219 e. The molecule has 1 aliphatic rings. The minimum absolute atomic E-state index is 0.214. The van der Waals surface area contributed by atoms with Gasteiger partial charge in [0.2, 0.25) is 5.91 Å². The standard InChI is InChI=1S/C19H36N2OS2/c1-17(2)16-20-13-9-14-21-19(22)11-8-6-4-3-5-7-10-18-12-15-23-24-18/h18,20H,1,3-16H2,2H3,(H,21,22). The molecule has 1 heterocycles. The maximum absolute atomic E-state index is 11.7. The number of unbranched alkanes of at least 4 members (excludes halogenated alkanes) is 5. The monoisotopic (exact) mass is 372 g/mol. The maximum atomic E-state index is 11.7.